The van der Waals surface area contributed by atoms with E-state index in [1.165, 1.54) is 0 Å². The van der Waals surface area contributed by atoms with Gasteiger partial charge in [-0.25, -0.2) is 4.98 Å². The minimum atomic E-state index is 0.370. The number of nitrogens with zero attached hydrogens (tertiary/aromatic N) is 2. The van der Waals surface area contributed by atoms with Crippen LogP contribution in [-0.4, -0.2) is 29.8 Å². The molecule has 0 aromatic carbocycles. The predicted molar refractivity (Wildman–Crippen MR) is 58.6 cm³/mol. The molecule has 0 aliphatic carbocycles. The molecule has 1 aromatic rings. The zero-order valence-electron chi connectivity index (χ0n) is 9.44. The van der Waals surface area contributed by atoms with Crippen molar-refractivity contribution in [3.63, 3.8) is 0 Å². The minimum absolute atomic E-state index is 0.370. The first-order chi connectivity index (χ1) is 7.31. The van der Waals surface area contributed by atoms with Gasteiger partial charge < -0.3 is 14.6 Å². The second-order valence-corrected chi connectivity index (χ2v) is 4.18. The van der Waals surface area contributed by atoms with Crippen LogP contribution in [-0.2, 0) is 11.8 Å². The quantitative estimate of drug-likeness (QED) is 0.810. The lowest BCUT2D eigenvalue weighted by Crippen LogP contribution is -2.30. The molecule has 4 nitrogen and oxygen atoms in total. The van der Waals surface area contributed by atoms with Crippen molar-refractivity contribution in [1.82, 2.24) is 14.9 Å². The molecule has 0 spiro atoms. The van der Waals surface area contributed by atoms with E-state index in [4.69, 9.17) is 4.74 Å². The molecule has 2 heterocycles. The Morgan fingerprint density at radius 2 is 2.27 bits per heavy atom. The molecule has 0 saturated carbocycles. The van der Waals surface area contributed by atoms with Gasteiger partial charge in [0.05, 0.1) is 18.1 Å². The van der Waals surface area contributed by atoms with Gasteiger partial charge in [0.2, 0.25) is 0 Å². The third kappa shape index (κ3) is 2.38. The monoisotopic (exact) mass is 209 g/mol. The lowest BCUT2D eigenvalue weighted by molar-refractivity contribution is 0.0541. The molecule has 1 atom stereocenters. The number of aryl methyl sites for hydroxylation is 1. The highest BCUT2D eigenvalue weighted by Crippen LogP contribution is 2.28. The molecule has 4 heteroatoms. The summed E-state index contributed by atoms with van der Waals surface area (Å²) in [5.41, 5.74) is 1.15. The first-order valence-corrected chi connectivity index (χ1v) is 5.54. The maximum atomic E-state index is 5.38. The van der Waals surface area contributed by atoms with E-state index < -0.39 is 0 Å². The van der Waals surface area contributed by atoms with Gasteiger partial charge >= 0.3 is 0 Å². The number of nitrogens with one attached hydrogen (secondary N) is 1. The van der Waals surface area contributed by atoms with E-state index in [0.717, 1.165) is 31.7 Å². The van der Waals surface area contributed by atoms with Crippen LogP contribution in [0, 0.1) is 5.92 Å². The highest BCUT2D eigenvalue weighted by Gasteiger charge is 2.25. The lowest BCUT2D eigenvalue weighted by atomic mass is 9.90. The van der Waals surface area contributed by atoms with Gasteiger partial charge in [0.15, 0.2) is 0 Å². The predicted octanol–water partition coefficient (Wildman–Crippen LogP) is 1.11. The molecule has 0 amide bonds. The SMILES string of the molecule is CNC(c1cn(C)cn1)C1CCOCC1. The van der Waals surface area contributed by atoms with Gasteiger partial charge in [-0.1, -0.05) is 0 Å². The molecule has 1 aliphatic heterocycles. The number of ether oxygens (including phenoxy) is 1. The van der Waals surface area contributed by atoms with Gasteiger partial charge in [0, 0.05) is 26.5 Å². The zero-order valence-corrected chi connectivity index (χ0v) is 9.44. The van der Waals surface area contributed by atoms with Crippen LogP contribution >= 0.6 is 0 Å². The Morgan fingerprint density at radius 1 is 1.53 bits per heavy atom. The average molecular weight is 209 g/mol. The molecule has 1 aliphatic rings. The minimum Gasteiger partial charge on any atom is -0.381 e. The first kappa shape index (κ1) is 10.6. The van der Waals surface area contributed by atoms with Crippen molar-refractivity contribution in [2.24, 2.45) is 13.0 Å². The van der Waals surface area contributed by atoms with Crippen molar-refractivity contribution in [3.8, 4) is 0 Å². The summed E-state index contributed by atoms with van der Waals surface area (Å²) >= 11 is 0. The number of rotatable bonds is 3. The molecule has 84 valence electrons. The summed E-state index contributed by atoms with van der Waals surface area (Å²) in [4.78, 5) is 4.42. The van der Waals surface area contributed by atoms with Gasteiger partial charge in [0.25, 0.3) is 0 Å². The molecule has 0 bridgehead atoms. The van der Waals surface area contributed by atoms with Gasteiger partial charge in [-0.2, -0.15) is 0 Å². The van der Waals surface area contributed by atoms with Crippen molar-refractivity contribution in [2.75, 3.05) is 20.3 Å². The van der Waals surface area contributed by atoms with Crippen molar-refractivity contribution in [1.29, 1.82) is 0 Å². The van der Waals surface area contributed by atoms with E-state index in [-0.39, 0.29) is 0 Å². The van der Waals surface area contributed by atoms with Crippen LogP contribution in [0.2, 0.25) is 0 Å². The fraction of sp³-hybridized carbons (Fsp3) is 0.727. The molecular formula is C11H19N3O. The van der Waals surface area contributed by atoms with Crippen LogP contribution in [0.25, 0.3) is 0 Å². The van der Waals surface area contributed by atoms with Gasteiger partial charge in [-0.3, -0.25) is 0 Å². The Kier molecular flexibility index (Phi) is 3.38. The van der Waals surface area contributed by atoms with Crippen LogP contribution in [0.4, 0.5) is 0 Å². The third-order valence-corrected chi connectivity index (χ3v) is 3.09. The molecule has 1 fully saturated rings. The molecular weight excluding hydrogens is 190 g/mol. The van der Waals surface area contributed by atoms with E-state index in [2.05, 4.69) is 16.5 Å². The molecule has 1 aromatic heterocycles. The molecule has 1 N–H and O–H groups in total. The maximum Gasteiger partial charge on any atom is 0.0947 e. The standard InChI is InChI=1S/C11H19N3O/c1-12-11(9-3-5-15-6-4-9)10-7-14(2)8-13-10/h7-9,11-12H,3-6H2,1-2H3. The summed E-state index contributed by atoms with van der Waals surface area (Å²) in [6.45, 7) is 1.77. The topological polar surface area (TPSA) is 39.1 Å². The largest absolute Gasteiger partial charge is 0.381 e. The Hall–Kier alpha value is -0.870. The Morgan fingerprint density at radius 3 is 2.80 bits per heavy atom. The van der Waals surface area contributed by atoms with Crippen LogP contribution < -0.4 is 5.32 Å². The van der Waals surface area contributed by atoms with Crippen LogP contribution in [0.3, 0.4) is 0 Å². The van der Waals surface area contributed by atoms with Crippen LogP contribution in [0.15, 0.2) is 12.5 Å². The molecule has 1 unspecified atom stereocenters. The van der Waals surface area contributed by atoms with Gasteiger partial charge in [-0.05, 0) is 25.8 Å². The van der Waals surface area contributed by atoms with E-state index in [1.54, 1.807) is 0 Å². The highest BCUT2D eigenvalue weighted by molar-refractivity contribution is 5.05. The van der Waals surface area contributed by atoms with E-state index in [9.17, 15) is 0 Å². The third-order valence-electron chi connectivity index (χ3n) is 3.09. The van der Waals surface area contributed by atoms with Crippen molar-refractivity contribution in [2.45, 2.75) is 18.9 Å². The normalized spacial score (nSPS) is 20.4. The Bertz CT molecular complexity index is 305. The first-order valence-electron chi connectivity index (χ1n) is 5.54. The van der Waals surface area contributed by atoms with Crippen molar-refractivity contribution >= 4 is 0 Å². The number of hydrogen-bond acceptors (Lipinski definition) is 3. The average Bonchev–Trinajstić information content (AvgIpc) is 2.68. The molecule has 15 heavy (non-hydrogen) atoms. The van der Waals surface area contributed by atoms with Crippen LogP contribution in [0.1, 0.15) is 24.6 Å². The van der Waals surface area contributed by atoms with E-state index in [1.807, 2.05) is 25.0 Å². The van der Waals surface area contributed by atoms with Crippen molar-refractivity contribution < 1.29 is 4.74 Å². The number of imidazole rings is 1. The molecule has 0 radical (unpaired) electrons. The summed E-state index contributed by atoms with van der Waals surface area (Å²) in [5, 5.41) is 3.37. The second kappa shape index (κ2) is 4.77. The summed E-state index contributed by atoms with van der Waals surface area (Å²) < 4.78 is 7.38. The Balaban J connectivity index is 2.08. The smallest absolute Gasteiger partial charge is 0.0947 e. The summed E-state index contributed by atoms with van der Waals surface area (Å²) in [5.74, 6) is 0.652. The summed E-state index contributed by atoms with van der Waals surface area (Å²) in [6, 6.07) is 0.370. The number of hydrogen-bond donors (Lipinski definition) is 1. The fourth-order valence-corrected chi connectivity index (χ4v) is 2.27. The fourth-order valence-electron chi connectivity index (χ4n) is 2.27. The van der Waals surface area contributed by atoms with Gasteiger partial charge in [0.1, 0.15) is 0 Å². The lowest BCUT2D eigenvalue weighted by Gasteiger charge is -2.28. The molecule has 1 saturated heterocycles. The summed E-state index contributed by atoms with van der Waals surface area (Å²) in [7, 11) is 4.02. The van der Waals surface area contributed by atoms with Crippen LogP contribution in [0.5, 0.6) is 0 Å². The highest BCUT2D eigenvalue weighted by atomic mass is 16.5. The van der Waals surface area contributed by atoms with E-state index >= 15 is 0 Å². The van der Waals surface area contributed by atoms with E-state index in [0.29, 0.717) is 12.0 Å². The zero-order chi connectivity index (χ0) is 10.7. The second-order valence-electron chi connectivity index (χ2n) is 4.18. The summed E-state index contributed by atoms with van der Waals surface area (Å²) in [6.07, 6.45) is 6.21. The van der Waals surface area contributed by atoms with Gasteiger partial charge in [-0.15, -0.1) is 0 Å². The number of aromatic nitrogens is 2. The maximum absolute atomic E-state index is 5.38. The molecule has 2 rings (SSSR count). The van der Waals surface area contributed by atoms with Crippen molar-refractivity contribution in [3.05, 3.63) is 18.2 Å². The Labute approximate surface area is 90.6 Å².